The zero-order chi connectivity index (χ0) is 13.8. The number of benzene rings is 1. The third-order valence-electron chi connectivity index (χ3n) is 2.51. The van der Waals surface area contributed by atoms with Crippen molar-refractivity contribution in [1.29, 1.82) is 0 Å². The van der Waals surface area contributed by atoms with Crippen molar-refractivity contribution in [1.82, 2.24) is 24.7 Å². The molecule has 3 aromatic rings. The van der Waals surface area contributed by atoms with Crippen LogP contribution < -0.4 is 4.74 Å². The minimum absolute atomic E-state index is 0.165. The van der Waals surface area contributed by atoms with Gasteiger partial charge >= 0.3 is 6.01 Å². The van der Waals surface area contributed by atoms with Crippen LogP contribution in [0.25, 0.3) is 5.69 Å². The maximum absolute atomic E-state index is 8.99. The Hall–Kier alpha value is -2.80. The molecular formula is C13H11N5O2. The van der Waals surface area contributed by atoms with Gasteiger partial charge in [0, 0.05) is 0 Å². The van der Waals surface area contributed by atoms with Crippen molar-refractivity contribution in [2.24, 2.45) is 0 Å². The van der Waals surface area contributed by atoms with E-state index < -0.39 is 0 Å². The molecule has 3 rings (SSSR count). The van der Waals surface area contributed by atoms with Crippen LogP contribution in [0, 0.1) is 0 Å². The van der Waals surface area contributed by atoms with Crippen molar-refractivity contribution in [3.8, 4) is 17.6 Å². The first kappa shape index (κ1) is 12.2. The van der Waals surface area contributed by atoms with E-state index in [0.29, 0.717) is 5.69 Å². The van der Waals surface area contributed by atoms with Gasteiger partial charge < -0.3 is 9.84 Å². The minimum Gasteiger partial charge on any atom is -0.402 e. The van der Waals surface area contributed by atoms with Gasteiger partial charge in [-0.15, -0.1) is 5.10 Å². The molecule has 0 radical (unpaired) electrons. The van der Waals surface area contributed by atoms with Gasteiger partial charge in [-0.3, -0.25) is 4.98 Å². The van der Waals surface area contributed by atoms with Gasteiger partial charge in [-0.05, 0) is 12.1 Å². The van der Waals surface area contributed by atoms with E-state index >= 15 is 0 Å². The van der Waals surface area contributed by atoms with Crippen molar-refractivity contribution < 1.29 is 9.84 Å². The molecule has 7 nitrogen and oxygen atoms in total. The molecule has 0 spiro atoms. The molecule has 2 heterocycles. The Balaban J connectivity index is 1.80. The summed E-state index contributed by atoms with van der Waals surface area (Å²) in [6.07, 6.45) is 4.44. The molecule has 100 valence electrons. The van der Waals surface area contributed by atoms with Gasteiger partial charge in [0.1, 0.15) is 6.33 Å². The van der Waals surface area contributed by atoms with E-state index in [4.69, 9.17) is 9.84 Å². The highest BCUT2D eigenvalue weighted by Crippen LogP contribution is 2.15. The van der Waals surface area contributed by atoms with E-state index in [1.54, 1.807) is 11.0 Å². The smallest absolute Gasteiger partial charge is 0.342 e. The van der Waals surface area contributed by atoms with Crippen molar-refractivity contribution in [3.05, 3.63) is 54.7 Å². The highest BCUT2D eigenvalue weighted by atomic mass is 16.5. The third kappa shape index (κ3) is 2.62. The largest absolute Gasteiger partial charge is 0.402 e. The first-order chi connectivity index (χ1) is 9.85. The lowest BCUT2D eigenvalue weighted by Gasteiger charge is -2.01. The molecule has 7 heteroatoms. The molecule has 1 aromatic carbocycles. The summed E-state index contributed by atoms with van der Waals surface area (Å²) >= 11 is 0. The van der Waals surface area contributed by atoms with Crippen molar-refractivity contribution in [3.63, 3.8) is 0 Å². The van der Waals surface area contributed by atoms with Crippen molar-refractivity contribution >= 4 is 0 Å². The summed E-state index contributed by atoms with van der Waals surface area (Å²) in [4.78, 5) is 12.0. The van der Waals surface area contributed by atoms with Crippen LogP contribution in [-0.2, 0) is 6.61 Å². The lowest BCUT2D eigenvalue weighted by molar-refractivity contribution is 0.274. The average molecular weight is 269 g/mol. The molecule has 0 saturated carbocycles. The van der Waals surface area contributed by atoms with Crippen LogP contribution >= 0.6 is 0 Å². The molecule has 1 N–H and O–H groups in total. The lowest BCUT2D eigenvalue weighted by atomic mass is 10.3. The monoisotopic (exact) mass is 269 g/mol. The molecule has 0 aliphatic rings. The normalized spacial score (nSPS) is 10.4. The number of hydrogen-bond acceptors (Lipinski definition) is 6. The third-order valence-corrected chi connectivity index (χ3v) is 2.51. The molecule has 0 aliphatic carbocycles. The minimum atomic E-state index is -0.198. The summed E-state index contributed by atoms with van der Waals surface area (Å²) in [6, 6.07) is 9.73. The summed E-state index contributed by atoms with van der Waals surface area (Å²) in [5.74, 6) is 0.238. The topological polar surface area (TPSA) is 86.0 Å². The first-order valence-electron chi connectivity index (χ1n) is 5.92. The average Bonchev–Trinajstić information content (AvgIpc) is 2.97. The van der Waals surface area contributed by atoms with E-state index in [1.165, 1.54) is 12.4 Å². The second-order valence-corrected chi connectivity index (χ2v) is 3.92. The van der Waals surface area contributed by atoms with Crippen LogP contribution in [0.2, 0.25) is 0 Å². The summed E-state index contributed by atoms with van der Waals surface area (Å²) in [5, 5.41) is 13.2. The van der Waals surface area contributed by atoms with Gasteiger partial charge in [-0.2, -0.15) is 4.98 Å². The van der Waals surface area contributed by atoms with Crippen LogP contribution in [0.1, 0.15) is 5.69 Å². The summed E-state index contributed by atoms with van der Waals surface area (Å²) in [5.41, 5.74) is 1.30. The van der Waals surface area contributed by atoms with Crippen LogP contribution in [0.5, 0.6) is 11.9 Å². The van der Waals surface area contributed by atoms with E-state index in [9.17, 15) is 0 Å². The molecule has 0 atom stereocenters. The Morgan fingerprint density at radius 2 is 2.00 bits per heavy atom. The lowest BCUT2D eigenvalue weighted by Crippen LogP contribution is -1.97. The predicted octanol–water partition coefficient (Wildman–Crippen LogP) is 1.34. The Labute approximate surface area is 114 Å². The number of aliphatic hydroxyl groups is 1. The Kier molecular flexibility index (Phi) is 3.34. The number of para-hydroxylation sites is 1. The molecule has 0 fully saturated rings. The molecule has 0 amide bonds. The maximum Gasteiger partial charge on any atom is 0.342 e. The fraction of sp³-hybridized carbons (Fsp3) is 0.0769. The van der Waals surface area contributed by atoms with E-state index in [-0.39, 0.29) is 18.5 Å². The highest BCUT2D eigenvalue weighted by molar-refractivity contribution is 5.29. The van der Waals surface area contributed by atoms with Crippen LogP contribution in [0.4, 0.5) is 0 Å². The van der Waals surface area contributed by atoms with E-state index in [2.05, 4.69) is 20.1 Å². The highest BCUT2D eigenvalue weighted by Gasteiger charge is 2.06. The van der Waals surface area contributed by atoms with Gasteiger partial charge in [-0.1, -0.05) is 18.2 Å². The molecule has 0 bridgehead atoms. The van der Waals surface area contributed by atoms with Crippen LogP contribution in [0.3, 0.4) is 0 Å². The molecule has 0 unspecified atom stereocenters. The fourth-order valence-electron chi connectivity index (χ4n) is 1.60. The van der Waals surface area contributed by atoms with E-state index in [1.807, 2.05) is 30.3 Å². The van der Waals surface area contributed by atoms with Gasteiger partial charge in [0.2, 0.25) is 5.88 Å². The Morgan fingerprint density at radius 1 is 1.15 bits per heavy atom. The van der Waals surface area contributed by atoms with Crippen LogP contribution in [-0.4, -0.2) is 29.8 Å². The fourth-order valence-corrected chi connectivity index (χ4v) is 1.60. The van der Waals surface area contributed by atoms with E-state index in [0.717, 1.165) is 5.69 Å². The standard InChI is InChI=1S/C13H11N5O2/c19-8-10-6-14-7-12(16-10)20-13-15-9-18(17-13)11-4-2-1-3-5-11/h1-7,9,19H,8H2. The van der Waals surface area contributed by atoms with Gasteiger partial charge in [0.25, 0.3) is 0 Å². The molecule has 20 heavy (non-hydrogen) atoms. The number of aromatic nitrogens is 5. The summed E-state index contributed by atoms with van der Waals surface area (Å²) < 4.78 is 6.99. The summed E-state index contributed by atoms with van der Waals surface area (Å²) in [6.45, 7) is -0.198. The number of hydrogen-bond donors (Lipinski definition) is 1. The number of rotatable bonds is 4. The SMILES string of the molecule is OCc1cncc(Oc2ncn(-c3ccccc3)n2)n1. The second-order valence-electron chi connectivity index (χ2n) is 3.92. The maximum atomic E-state index is 8.99. The molecule has 2 aromatic heterocycles. The number of nitrogens with zero attached hydrogens (tertiary/aromatic N) is 5. The molecule has 0 aliphatic heterocycles. The van der Waals surface area contributed by atoms with Crippen molar-refractivity contribution in [2.45, 2.75) is 6.61 Å². The number of aliphatic hydroxyl groups excluding tert-OH is 1. The number of ether oxygens (including phenoxy) is 1. The Morgan fingerprint density at radius 3 is 2.80 bits per heavy atom. The van der Waals surface area contributed by atoms with Gasteiger partial charge in [-0.25, -0.2) is 9.67 Å². The first-order valence-corrected chi connectivity index (χ1v) is 5.92. The molecule has 0 saturated heterocycles. The van der Waals surface area contributed by atoms with Crippen molar-refractivity contribution in [2.75, 3.05) is 0 Å². The molecular weight excluding hydrogens is 258 g/mol. The van der Waals surface area contributed by atoms with Gasteiger partial charge in [0.05, 0.1) is 30.4 Å². The van der Waals surface area contributed by atoms with Crippen LogP contribution in [0.15, 0.2) is 49.1 Å². The zero-order valence-electron chi connectivity index (χ0n) is 10.4. The summed E-state index contributed by atoms with van der Waals surface area (Å²) in [7, 11) is 0. The predicted molar refractivity (Wildman–Crippen MR) is 69.4 cm³/mol. The quantitative estimate of drug-likeness (QED) is 0.769. The zero-order valence-corrected chi connectivity index (χ0v) is 10.4. The Bertz CT molecular complexity index is 699. The second kappa shape index (κ2) is 5.45. The van der Waals surface area contributed by atoms with Gasteiger partial charge in [0.15, 0.2) is 0 Å².